The van der Waals surface area contributed by atoms with E-state index in [0.29, 0.717) is 11.3 Å². The zero-order valence-electron chi connectivity index (χ0n) is 11.5. The van der Waals surface area contributed by atoms with Crippen LogP contribution in [0.5, 0.6) is 0 Å². The second kappa shape index (κ2) is 5.72. The number of benzene rings is 1. The van der Waals surface area contributed by atoms with Crippen LogP contribution in [0.1, 0.15) is 22.8 Å². The highest BCUT2D eigenvalue weighted by atomic mass is 32.2. The van der Waals surface area contributed by atoms with Gasteiger partial charge >= 0.3 is 5.97 Å². The Morgan fingerprint density at radius 1 is 1.48 bits per heavy atom. The van der Waals surface area contributed by atoms with Gasteiger partial charge in [0.1, 0.15) is 6.04 Å². The number of carbonyl (C=O) groups is 2. The number of aryl methyl sites for hydroxylation is 1. The van der Waals surface area contributed by atoms with E-state index in [9.17, 15) is 24.8 Å². The molecule has 21 heavy (non-hydrogen) atoms. The zero-order valence-corrected chi connectivity index (χ0v) is 12.3. The summed E-state index contributed by atoms with van der Waals surface area (Å²) in [6.45, 7) is 3.31. The van der Waals surface area contributed by atoms with Gasteiger partial charge in [0, 0.05) is 22.9 Å². The van der Waals surface area contributed by atoms with Gasteiger partial charge in [0.25, 0.3) is 11.6 Å². The van der Waals surface area contributed by atoms with E-state index in [4.69, 9.17) is 0 Å². The van der Waals surface area contributed by atoms with Crippen LogP contribution in [0, 0.1) is 17.0 Å². The van der Waals surface area contributed by atoms with Crippen LogP contribution in [0.4, 0.5) is 5.69 Å². The fourth-order valence-electron chi connectivity index (χ4n) is 2.28. The third-order valence-corrected chi connectivity index (χ3v) is 4.60. The number of carboxylic acid groups (broad SMARTS) is 1. The Balaban J connectivity index is 2.33. The molecule has 1 aromatic carbocycles. The highest BCUT2D eigenvalue weighted by Gasteiger charge is 2.39. The first-order chi connectivity index (χ1) is 9.82. The van der Waals surface area contributed by atoms with Gasteiger partial charge in [-0.05, 0) is 26.0 Å². The first kappa shape index (κ1) is 15.3. The van der Waals surface area contributed by atoms with Gasteiger partial charge in [-0.15, -0.1) is 11.8 Å². The Hall–Kier alpha value is -2.09. The molecule has 1 saturated heterocycles. The predicted molar refractivity (Wildman–Crippen MR) is 77.3 cm³/mol. The highest BCUT2D eigenvalue weighted by Crippen LogP contribution is 2.31. The summed E-state index contributed by atoms with van der Waals surface area (Å²) in [5, 5.41) is 19.7. The number of amides is 1. The molecule has 0 bridgehead atoms. The van der Waals surface area contributed by atoms with Crippen molar-refractivity contribution in [1.82, 2.24) is 4.90 Å². The van der Waals surface area contributed by atoms with Crippen molar-refractivity contribution in [3.63, 3.8) is 0 Å². The van der Waals surface area contributed by atoms with E-state index in [1.807, 2.05) is 0 Å². The monoisotopic (exact) mass is 310 g/mol. The van der Waals surface area contributed by atoms with Crippen LogP contribution >= 0.6 is 11.8 Å². The zero-order chi connectivity index (χ0) is 15.7. The van der Waals surface area contributed by atoms with Gasteiger partial charge in [-0.2, -0.15) is 0 Å². The molecule has 2 atom stereocenters. The standard InChI is InChI=1S/C13H14N2O5S/c1-7-5-9(3-4-10(7)15(19)20)12(16)14-8(2)21-6-11(14)13(17)18/h3-5,8,11H,6H2,1-2H3,(H,17,18). The van der Waals surface area contributed by atoms with Gasteiger partial charge in [0.15, 0.2) is 0 Å². The first-order valence-corrected chi connectivity index (χ1v) is 7.30. The van der Waals surface area contributed by atoms with E-state index in [1.54, 1.807) is 13.8 Å². The molecule has 0 saturated carbocycles. The lowest BCUT2D eigenvalue weighted by molar-refractivity contribution is -0.385. The maximum atomic E-state index is 12.5. The van der Waals surface area contributed by atoms with E-state index in [-0.39, 0.29) is 16.6 Å². The van der Waals surface area contributed by atoms with E-state index >= 15 is 0 Å². The molecule has 8 heteroatoms. The van der Waals surface area contributed by atoms with Crippen molar-refractivity contribution >= 4 is 29.3 Å². The number of nitro groups is 1. The Morgan fingerprint density at radius 3 is 2.67 bits per heavy atom. The van der Waals surface area contributed by atoms with Crippen LogP contribution in [-0.2, 0) is 4.79 Å². The number of hydrogen-bond acceptors (Lipinski definition) is 5. The van der Waals surface area contributed by atoms with Gasteiger partial charge in [0.2, 0.25) is 0 Å². The van der Waals surface area contributed by atoms with Crippen molar-refractivity contribution < 1.29 is 19.6 Å². The smallest absolute Gasteiger partial charge is 0.327 e. The van der Waals surface area contributed by atoms with Gasteiger partial charge in [0.05, 0.1) is 10.3 Å². The lowest BCUT2D eigenvalue weighted by Gasteiger charge is -2.25. The summed E-state index contributed by atoms with van der Waals surface area (Å²) in [6, 6.07) is 3.19. The molecule has 2 rings (SSSR count). The summed E-state index contributed by atoms with van der Waals surface area (Å²) in [7, 11) is 0. The van der Waals surface area contributed by atoms with Crippen LogP contribution in [0.2, 0.25) is 0 Å². The van der Waals surface area contributed by atoms with E-state index in [0.717, 1.165) is 0 Å². The minimum absolute atomic E-state index is 0.0646. The minimum Gasteiger partial charge on any atom is -0.480 e. The molecular weight excluding hydrogens is 296 g/mol. The maximum absolute atomic E-state index is 12.5. The second-order valence-corrected chi connectivity index (χ2v) is 6.11. The van der Waals surface area contributed by atoms with Crippen molar-refractivity contribution in [2.24, 2.45) is 0 Å². The summed E-state index contributed by atoms with van der Waals surface area (Å²) in [4.78, 5) is 35.3. The van der Waals surface area contributed by atoms with Crippen LogP contribution in [0.3, 0.4) is 0 Å². The molecule has 0 aromatic heterocycles. The predicted octanol–water partition coefficient (Wildman–Crippen LogP) is 1.89. The van der Waals surface area contributed by atoms with Crippen molar-refractivity contribution in [2.45, 2.75) is 25.3 Å². The number of rotatable bonds is 3. The summed E-state index contributed by atoms with van der Waals surface area (Å²) in [5.74, 6) is -1.12. The van der Waals surface area contributed by atoms with Gasteiger partial charge < -0.3 is 10.0 Å². The Labute approximate surface area is 125 Å². The van der Waals surface area contributed by atoms with Gasteiger partial charge in [-0.3, -0.25) is 14.9 Å². The second-order valence-electron chi connectivity index (χ2n) is 4.76. The van der Waals surface area contributed by atoms with Crippen LogP contribution < -0.4 is 0 Å². The molecule has 1 heterocycles. The number of aliphatic carboxylic acids is 1. The number of carbonyl (C=O) groups excluding carboxylic acids is 1. The summed E-state index contributed by atoms with van der Waals surface area (Å²) in [6.07, 6.45) is 0. The molecule has 7 nitrogen and oxygen atoms in total. The fraction of sp³-hybridized carbons (Fsp3) is 0.385. The number of carboxylic acids is 1. The van der Waals surface area contributed by atoms with E-state index in [2.05, 4.69) is 0 Å². The van der Waals surface area contributed by atoms with Crippen LogP contribution in [0.25, 0.3) is 0 Å². The number of nitrogens with zero attached hydrogens (tertiary/aromatic N) is 2. The Bertz CT molecular complexity index is 619. The SMILES string of the molecule is Cc1cc(C(=O)N2C(C)SCC2C(=O)O)ccc1[N+](=O)[O-]. The average molecular weight is 310 g/mol. The van der Waals surface area contributed by atoms with Crippen LogP contribution in [-0.4, -0.2) is 44.0 Å². The molecule has 1 aliphatic heterocycles. The molecule has 112 valence electrons. The topological polar surface area (TPSA) is 101 Å². The first-order valence-electron chi connectivity index (χ1n) is 6.25. The highest BCUT2D eigenvalue weighted by molar-refractivity contribution is 8.00. The lowest BCUT2D eigenvalue weighted by Crippen LogP contribution is -2.44. The quantitative estimate of drug-likeness (QED) is 0.676. The molecule has 1 aromatic rings. The third-order valence-electron chi connectivity index (χ3n) is 3.38. The van der Waals surface area contributed by atoms with Gasteiger partial charge in [-0.1, -0.05) is 0 Å². The van der Waals surface area contributed by atoms with E-state index < -0.39 is 22.8 Å². The van der Waals surface area contributed by atoms with E-state index in [1.165, 1.54) is 34.9 Å². The molecule has 0 aliphatic carbocycles. The molecule has 1 amide bonds. The largest absolute Gasteiger partial charge is 0.480 e. The summed E-state index contributed by atoms with van der Waals surface area (Å²) in [5.41, 5.74) is 0.570. The molecular formula is C13H14N2O5S. The molecule has 0 radical (unpaired) electrons. The van der Waals surface area contributed by atoms with Crippen molar-refractivity contribution in [2.75, 3.05) is 5.75 Å². The van der Waals surface area contributed by atoms with Gasteiger partial charge in [-0.25, -0.2) is 4.79 Å². The molecule has 1 fully saturated rings. The normalized spacial score (nSPS) is 21.3. The minimum atomic E-state index is -1.04. The fourth-order valence-corrected chi connectivity index (χ4v) is 3.45. The summed E-state index contributed by atoms with van der Waals surface area (Å²) < 4.78 is 0. The van der Waals surface area contributed by atoms with Crippen molar-refractivity contribution in [3.05, 3.63) is 39.4 Å². The number of thioether (sulfide) groups is 1. The molecule has 1 aliphatic rings. The Morgan fingerprint density at radius 2 is 2.14 bits per heavy atom. The average Bonchev–Trinajstić information content (AvgIpc) is 2.79. The summed E-state index contributed by atoms with van der Waals surface area (Å²) >= 11 is 1.39. The maximum Gasteiger partial charge on any atom is 0.327 e. The molecule has 0 spiro atoms. The third kappa shape index (κ3) is 2.85. The molecule has 1 N–H and O–H groups in total. The molecule has 2 unspecified atom stereocenters. The van der Waals surface area contributed by atoms with Crippen molar-refractivity contribution in [1.29, 1.82) is 0 Å². The lowest BCUT2D eigenvalue weighted by atomic mass is 10.1. The van der Waals surface area contributed by atoms with Crippen LogP contribution in [0.15, 0.2) is 18.2 Å². The van der Waals surface area contributed by atoms with Crippen molar-refractivity contribution in [3.8, 4) is 0 Å². The number of nitro benzene ring substituents is 1. The number of hydrogen-bond donors (Lipinski definition) is 1. The Kier molecular flexibility index (Phi) is 4.17.